The lowest BCUT2D eigenvalue weighted by Crippen LogP contribution is -2.43. The van der Waals surface area contributed by atoms with Gasteiger partial charge >= 0.3 is 12.0 Å². The smallest absolute Gasteiger partial charge is 0.317 e. The lowest BCUT2D eigenvalue weighted by molar-refractivity contribution is -0.137. The van der Waals surface area contributed by atoms with Crippen LogP contribution in [0.4, 0.5) is 4.79 Å². The summed E-state index contributed by atoms with van der Waals surface area (Å²) in [5.41, 5.74) is 0. The molecule has 0 saturated heterocycles. The maximum Gasteiger partial charge on any atom is 0.317 e. The highest BCUT2D eigenvalue weighted by Crippen LogP contribution is 2.34. The third-order valence-electron chi connectivity index (χ3n) is 3.33. The molecule has 0 radical (unpaired) electrons. The van der Waals surface area contributed by atoms with Gasteiger partial charge in [0.2, 0.25) is 0 Å². The highest BCUT2D eigenvalue weighted by atomic mass is 16.4. The van der Waals surface area contributed by atoms with Crippen molar-refractivity contribution < 1.29 is 14.7 Å². The molecule has 5 nitrogen and oxygen atoms in total. The fraction of sp³-hybridized carbons (Fsp3) is 0.833. The fourth-order valence-corrected chi connectivity index (χ4v) is 1.80. The number of rotatable bonds is 7. The number of aliphatic carboxylic acids is 1. The molecule has 0 aromatic carbocycles. The number of urea groups is 1. The zero-order chi connectivity index (χ0) is 12.8. The largest absolute Gasteiger partial charge is 0.481 e. The number of carboxylic acid groups (broad SMARTS) is 1. The summed E-state index contributed by atoms with van der Waals surface area (Å²) < 4.78 is 0. The average Bonchev–Trinajstić information content (AvgIpc) is 3.09. The van der Waals surface area contributed by atoms with Gasteiger partial charge in [-0.1, -0.05) is 0 Å². The van der Waals surface area contributed by atoms with Crippen LogP contribution in [0, 0.1) is 5.92 Å². The van der Waals surface area contributed by atoms with Gasteiger partial charge in [-0.2, -0.15) is 0 Å². The number of carboxylic acids is 1. The summed E-state index contributed by atoms with van der Waals surface area (Å²) in [6, 6.07) is 0.244. The Morgan fingerprint density at radius 2 is 2.06 bits per heavy atom. The van der Waals surface area contributed by atoms with Gasteiger partial charge in [-0.05, 0) is 38.5 Å². The van der Waals surface area contributed by atoms with E-state index in [0.29, 0.717) is 31.3 Å². The monoisotopic (exact) mass is 242 g/mol. The van der Waals surface area contributed by atoms with Crippen LogP contribution in [0.5, 0.6) is 0 Å². The molecule has 1 aliphatic carbocycles. The van der Waals surface area contributed by atoms with Gasteiger partial charge in [0.05, 0.1) is 0 Å². The molecule has 0 aliphatic heterocycles. The van der Waals surface area contributed by atoms with Crippen LogP contribution >= 0.6 is 0 Å². The van der Waals surface area contributed by atoms with Gasteiger partial charge in [-0.25, -0.2) is 4.79 Å². The Labute approximate surface area is 102 Å². The predicted molar refractivity (Wildman–Crippen MR) is 64.8 cm³/mol. The van der Waals surface area contributed by atoms with E-state index < -0.39 is 5.97 Å². The molecule has 0 heterocycles. The SMILES string of the molecule is CC(C1CC1)N(C)C(=O)NCCCCC(=O)O. The van der Waals surface area contributed by atoms with E-state index in [4.69, 9.17) is 5.11 Å². The molecule has 0 bridgehead atoms. The van der Waals surface area contributed by atoms with Crippen molar-refractivity contribution in [2.45, 2.75) is 45.1 Å². The summed E-state index contributed by atoms with van der Waals surface area (Å²) >= 11 is 0. The third kappa shape index (κ3) is 5.06. The molecule has 0 aromatic rings. The molecule has 0 aromatic heterocycles. The number of carbonyl (C=O) groups excluding carboxylic acids is 1. The predicted octanol–water partition coefficient (Wildman–Crippen LogP) is 1.68. The summed E-state index contributed by atoms with van der Waals surface area (Å²) in [6.07, 6.45) is 3.93. The molecule has 1 atom stereocenters. The van der Waals surface area contributed by atoms with Gasteiger partial charge in [0.1, 0.15) is 0 Å². The lowest BCUT2D eigenvalue weighted by atomic mass is 10.2. The van der Waals surface area contributed by atoms with E-state index >= 15 is 0 Å². The molecule has 1 aliphatic rings. The number of carbonyl (C=O) groups is 2. The molecule has 17 heavy (non-hydrogen) atoms. The van der Waals surface area contributed by atoms with Gasteiger partial charge in [0.25, 0.3) is 0 Å². The van der Waals surface area contributed by atoms with Crippen molar-refractivity contribution in [3.63, 3.8) is 0 Å². The maximum absolute atomic E-state index is 11.7. The standard InChI is InChI=1S/C12H22N2O3/c1-9(10-6-7-10)14(2)12(17)13-8-4-3-5-11(15)16/h9-10H,3-8H2,1-2H3,(H,13,17)(H,15,16). The number of amides is 2. The average molecular weight is 242 g/mol. The molecular weight excluding hydrogens is 220 g/mol. The summed E-state index contributed by atoms with van der Waals surface area (Å²) in [4.78, 5) is 23.7. The summed E-state index contributed by atoms with van der Waals surface area (Å²) in [5, 5.41) is 11.3. The summed E-state index contributed by atoms with van der Waals surface area (Å²) in [6.45, 7) is 2.62. The van der Waals surface area contributed by atoms with Gasteiger partial charge < -0.3 is 15.3 Å². The number of hydrogen-bond acceptors (Lipinski definition) is 2. The van der Waals surface area contributed by atoms with Crippen LogP contribution in [0.15, 0.2) is 0 Å². The van der Waals surface area contributed by atoms with Crippen LogP contribution in [-0.2, 0) is 4.79 Å². The first kappa shape index (κ1) is 13.8. The lowest BCUT2D eigenvalue weighted by Gasteiger charge is -2.25. The van der Waals surface area contributed by atoms with E-state index in [1.54, 1.807) is 4.90 Å². The third-order valence-corrected chi connectivity index (χ3v) is 3.33. The first-order valence-corrected chi connectivity index (χ1v) is 6.25. The normalized spacial score (nSPS) is 16.4. The van der Waals surface area contributed by atoms with Crippen molar-refractivity contribution in [1.82, 2.24) is 10.2 Å². The molecule has 5 heteroatoms. The van der Waals surface area contributed by atoms with Gasteiger partial charge in [0, 0.05) is 26.1 Å². The number of nitrogens with zero attached hydrogens (tertiary/aromatic N) is 1. The Hall–Kier alpha value is -1.26. The molecule has 0 spiro atoms. The Kier molecular flexibility index (Phi) is 5.25. The van der Waals surface area contributed by atoms with Gasteiger partial charge in [-0.3, -0.25) is 4.79 Å². The van der Waals surface area contributed by atoms with Gasteiger partial charge in [-0.15, -0.1) is 0 Å². The highest BCUT2D eigenvalue weighted by Gasteiger charge is 2.32. The van der Waals surface area contributed by atoms with Crippen LogP contribution in [0.1, 0.15) is 39.0 Å². The van der Waals surface area contributed by atoms with Crippen LogP contribution in [0.3, 0.4) is 0 Å². The second kappa shape index (κ2) is 6.47. The Morgan fingerprint density at radius 3 is 2.59 bits per heavy atom. The van der Waals surface area contributed by atoms with Crippen LogP contribution in [0.25, 0.3) is 0 Å². The number of unbranched alkanes of at least 4 members (excludes halogenated alkanes) is 1. The Balaban J connectivity index is 2.09. The molecular formula is C12H22N2O3. The minimum Gasteiger partial charge on any atom is -0.481 e. The van der Waals surface area contributed by atoms with Crippen LogP contribution in [-0.4, -0.2) is 41.6 Å². The molecule has 1 rings (SSSR count). The van der Waals surface area contributed by atoms with E-state index in [9.17, 15) is 9.59 Å². The van der Waals surface area contributed by atoms with Crippen molar-refractivity contribution in [2.24, 2.45) is 5.92 Å². The second-order valence-electron chi connectivity index (χ2n) is 4.77. The van der Waals surface area contributed by atoms with E-state index in [1.165, 1.54) is 12.8 Å². The Morgan fingerprint density at radius 1 is 1.41 bits per heavy atom. The van der Waals surface area contributed by atoms with Crippen LogP contribution in [0.2, 0.25) is 0 Å². The quantitative estimate of drug-likeness (QED) is 0.667. The molecule has 98 valence electrons. The van der Waals surface area contributed by atoms with Crippen molar-refractivity contribution in [3.8, 4) is 0 Å². The highest BCUT2D eigenvalue weighted by molar-refractivity contribution is 5.74. The zero-order valence-electron chi connectivity index (χ0n) is 10.6. The number of hydrogen-bond donors (Lipinski definition) is 2. The maximum atomic E-state index is 11.7. The molecule has 1 saturated carbocycles. The van der Waals surface area contributed by atoms with Gasteiger partial charge in [0.15, 0.2) is 0 Å². The fourth-order valence-electron chi connectivity index (χ4n) is 1.80. The minimum absolute atomic E-state index is 0.0558. The topological polar surface area (TPSA) is 69.6 Å². The van der Waals surface area contributed by atoms with E-state index in [-0.39, 0.29) is 12.5 Å². The second-order valence-corrected chi connectivity index (χ2v) is 4.77. The van der Waals surface area contributed by atoms with Crippen molar-refractivity contribution in [3.05, 3.63) is 0 Å². The van der Waals surface area contributed by atoms with Crippen LogP contribution < -0.4 is 5.32 Å². The van der Waals surface area contributed by atoms with Crippen molar-refractivity contribution >= 4 is 12.0 Å². The minimum atomic E-state index is -0.782. The van der Waals surface area contributed by atoms with E-state index in [0.717, 1.165) is 0 Å². The van der Waals surface area contributed by atoms with E-state index in [2.05, 4.69) is 12.2 Å². The summed E-state index contributed by atoms with van der Waals surface area (Å²) in [7, 11) is 1.82. The molecule has 1 unspecified atom stereocenters. The van der Waals surface area contributed by atoms with Crippen molar-refractivity contribution in [2.75, 3.05) is 13.6 Å². The van der Waals surface area contributed by atoms with E-state index in [1.807, 2.05) is 7.05 Å². The summed E-state index contributed by atoms with van der Waals surface area (Å²) in [5.74, 6) is -0.117. The molecule has 2 N–H and O–H groups in total. The molecule has 2 amide bonds. The molecule has 1 fully saturated rings. The first-order chi connectivity index (χ1) is 8.02. The number of nitrogens with one attached hydrogen (secondary N) is 1. The zero-order valence-corrected chi connectivity index (χ0v) is 10.6. The first-order valence-electron chi connectivity index (χ1n) is 6.25. The van der Waals surface area contributed by atoms with Crippen molar-refractivity contribution in [1.29, 1.82) is 0 Å². The Bertz CT molecular complexity index is 277.